The molecule has 2 atom stereocenters. The van der Waals surface area contributed by atoms with Gasteiger partial charge < -0.3 is 20.1 Å². The van der Waals surface area contributed by atoms with Crippen LogP contribution in [-0.2, 0) is 22.1 Å². The molecule has 0 radical (unpaired) electrons. The third kappa shape index (κ3) is 7.72. The highest BCUT2D eigenvalue weighted by molar-refractivity contribution is 8.09. The molecular weight excluding hydrogens is 561 g/mol. The number of hydrogen-bond acceptors (Lipinski definition) is 10. The number of nitrogens with one attached hydrogen (secondary N) is 3. The Hall–Kier alpha value is -2.26. The molecule has 1 saturated heterocycles. The van der Waals surface area contributed by atoms with Crippen LogP contribution >= 0.6 is 23.1 Å². The standard InChI is InChI=1S/C27H33F3N6O2S2/c1-37-17-22-24(25-34-21-6-7-31-16-23(21)39-25)40-26(35-22)33-15-20(32-8-9-36-10-12-38-13-11-36)14-18-2-4-19(5-3-18)27(28,29)30/h2-7,16,20,26,32-33,35H,8-15,17H2,1H3/t20-,26?/m0/s1. The van der Waals surface area contributed by atoms with Crippen LogP contribution in [-0.4, -0.2) is 86.1 Å². The molecule has 0 saturated carbocycles. The van der Waals surface area contributed by atoms with E-state index in [1.165, 1.54) is 0 Å². The van der Waals surface area contributed by atoms with Gasteiger partial charge in [-0.1, -0.05) is 23.9 Å². The largest absolute Gasteiger partial charge is 0.416 e. The van der Waals surface area contributed by atoms with Crippen LogP contribution in [0.3, 0.4) is 0 Å². The number of nitrogens with zero attached hydrogens (tertiary/aromatic N) is 3. The Kier molecular flexibility index (Phi) is 9.94. The van der Waals surface area contributed by atoms with Gasteiger partial charge in [0, 0.05) is 58.3 Å². The number of ether oxygens (including phenoxy) is 2. The fourth-order valence-corrected chi connectivity index (χ4v) is 6.87. The molecule has 0 spiro atoms. The number of aromatic nitrogens is 2. The Morgan fingerprint density at radius 2 is 2.00 bits per heavy atom. The third-order valence-electron chi connectivity index (χ3n) is 6.77. The zero-order chi connectivity index (χ0) is 28.0. The molecule has 2 aromatic heterocycles. The Morgan fingerprint density at radius 3 is 2.73 bits per heavy atom. The number of fused-ring (bicyclic) bond motifs is 1. The van der Waals surface area contributed by atoms with Gasteiger partial charge in [0.25, 0.3) is 0 Å². The number of morpholine rings is 1. The maximum atomic E-state index is 13.1. The fourth-order valence-electron chi connectivity index (χ4n) is 4.67. The van der Waals surface area contributed by atoms with Gasteiger partial charge >= 0.3 is 6.18 Å². The van der Waals surface area contributed by atoms with E-state index in [0.29, 0.717) is 19.6 Å². The number of thioether (sulfide) groups is 1. The van der Waals surface area contributed by atoms with Gasteiger partial charge in [0.05, 0.1) is 46.2 Å². The normalized spacial score (nSPS) is 19.4. The van der Waals surface area contributed by atoms with Gasteiger partial charge in [0.15, 0.2) is 0 Å². The number of thiazole rings is 1. The van der Waals surface area contributed by atoms with Crippen LogP contribution in [0.15, 0.2) is 48.4 Å². The SMILES string of the molecule is COCC1=C(c2nc3ccncc3s2)SC(NC[C@H](Cc2ccc(C(F)(F)F)cc2)NCCN2CCOCC2)N1. The number of hydrogen-bond donors (Lipinski definition) is 3. The lowest BCUT2D eigenvalue weighted by molar-refractivity contribution is -0.137. The molecule has 5 rings (SSSR count). The van der Waals surface area contributed by atoms with E-state index in [4.69, 9.17) is 14.5 Å². The zero-order valence-electron chi connectivity index (χ0n) is 22.2. The number of benzene rings is 1. The van der Waals surface area contributed by atoms with Crippen molar-refractivity contribution in [1.82, 2.24) is 30.8 Å². The molecule has 3 N–H and O–H groups in total. The second-order valence-corrected chi connectivity index (χ2v) is 11.8. The number of alkyl halides is 3. The summed E-state index contributed by atoms with van der Waals surface area (Å²) in [5.41, 5.74) is 2.01. The van der Waals surface area contributed by atoms with Crippen molar-refractivity contribution in [1.29, 1.82) is 0 Å². The minimum atomic E-state index is -4.34. The molecule has 1 aromatic carbocycles. The van der Waals surface area contributed by atoms with Gasteiger partial charge in [-0.3, -0.25) is 15.2 Å². The van der Waals surface area contributed by atoms with E-state index < -0.39 is 11.7 Å². The summed E-state index contributed by atoms with van der Waals surface area (Å²) < 4.78 is 51.1. The molecule has 8 nitrogen and oxygen atoms in total. The number of pyridine rings is 1. The van der Waals surface area contributed by atoms with E-state index in [2.05, 4.69) is 25.8 Å². The molecule has 13 heteroatoms. The second kappa shape index (κ2) is 13.6. The van der Waals surface area contributed by atoms with Crippen LogP contribution in [0.2, 0.25) is 0 Å². The summed E-state index contributed by atoms with van der Waals surface area (Å²) in [7, 11) is 1.67. The van der Waals surface area contributed by atoms with Crippen molar-refractivity contribution in [3.63, 3.8) is 0 Å². The van der Waals surface area contributed by atoms with Crippen LogP contribution < -0.4 is 16.0 Å². The van der Waals surface area contributed by atoms with Crippen molar-refractivity contribution >= 4 is 38.2 Å². The van der Waals surface area contributed by atoms with E-state index in [9.17, 15) is 13.2 Å². The van der Waals surface area contributed by atoms with Crippen LogP contribution in [0.25, 0.3) is 15.1 Å². The average Bonchev–Trinajstić information content (AvgIpc) is 3.56. The summed E-state index contributed by atoms with van der Waals surface area (Å²) in [5, 5.41) is 11.6. The van der Waals surface area contributed by atoms with Crippen molar-refractivity contribution in [2.75, 3.05) is 59.7 Å². The van der Waals surface area contributed by atoms with Crippen LogP contribution in [0.5, 0.6) is 0 Å². The first-order chi connectivity index (χ1) is 19.4. The summed E-state index contributed by atoms with van der Waals surface area (Å²) in [4.78, 5) is 12.4. The molecule has 40 heavy (non-hydrogen) atoms. The first-order valence-electron chi connectivity index (χ1n) is 13.2. The van der Waals surface area contributed by atoms with Gasteiger partial charge in [0.1, 0.15) is 10.5 Å². The summed E-state index contributed by atoms with van der Waals surface area (Å²) in [6, 6.07) is 7.37. The van der Waals surface area contributed by atoms with Gasteiger partial charge in [-0.05, 0) is 30.2 Å². The molecule has 1 fully saturated rings. The summed E-state index contributed by atoms with van der Waals surface area (Å²) >= 11 is 3.25. The Labute approximate surface area is 239 Å². The van der Waals surface area contributed by atoms with Gasteiger partial charge in [0.2, 0.25) is 0 Å². The van der Waals surface area contributed by atoms with Crippen molar-refractivity contribution in [2.45, 2.75) is 24.1 Å². The smallest absolute Gasteiger partial charge is 0.379 e. The fraction of sp³-hybridized carbons (Fsp3) is 0.481. The summed E-state index contributed by atoms with van der Waals surface area (Å²) in [6.45, 7) is 6.01. The Balaban J connectivity index is 1.22. The molecule has 1 unspecified atom stereocenters. The van der Waals surface area contributed by atoms with E-state index in [-0.39, 0.29) is 11.5 Å². The van der Waals surface area contributed by atoms with Gasteiger partial charge in [-0.2, -0.15) is 13.2 Å². The topological polar surface area (TPSA) is 83.6 Å². The molecule has 0 amide bonds. The highest BCUT2D eigenvalue weighted by Crippen LogP contribution is 2.40. The van der Waals surface area contributed by atoms with Crippen molar-refractivity contribution in [2.24, 2.45) is 0 Å². The molecular formula is C27H33F3N6O2S2. The van der Waals surface area contributed by atoms with Crippen LogP contribution in [0.1, 0.15) is 16.1 Å². The number of methoxy groups -OCH3 is 1. The first-order valence-corrected chi connectivity index (χ1v) is 14.9. The van der Waals surface area contributed by atoms with E-state index >= 15 is 0 Å². The lowest BCUT2D eigenvalue weighted by atomic mass is 10.0. The highest BCUT2D eigenvalue weighted by Gasteiger charge is 2.30. The second-order valence-electron chi connectivity index (χ2n) is 9.66. The molecule has 2 aliphatic heterocycles. The van der Waals surface area contributed by atoms with Gasteiger partial charge in [-0.25, -0.2) is 4.98 Å². The maximum absolute atomic E-state index is 13.1. The van der Waals surface area contributed by atoms with E-state index in [1.54, 1.807) is 48.5 Å². The average molecular weight is 595 g/mol. The van der Waals surface area contributed by atoms with Crippen molar-refractivity contribution < 1.29 is 22.6 Å². The van der Waals surface area contributed by atoms with Crippen LogP contribution in [0.4, 0.5) is 13.2 Å². The van der Waals surface area contributed by atoms with Crippen molar-refractivity contribution in [3.8, 4) is 0 Å². The predicted octanol–water partition coefficient (Wildman–Crippen LogP) is 3.77. The Bertz CT molecular complexity index is 1250. The lowest BCUT2D eigenvalue weighted by Gasteiger charge is -2.28. The first kappa shape index (κ1) is 29.2. The van der Waals surface area contributed by atoms with E-state index in [1.807, 2.05) is 12.3 Å². The third-order valence-corrected chi connectivity index (χ3v) is 9.12. The van der Waals surface area contributed by atoms with Crippen LogP contribution in [0, 0.1) is 0 Å². The molecule has 0 aliphatic carbocycles. The Morgan fingerprint density at radius 1 is 1.20 bits per heavy atom. The summed E-state index contributed by atoms with van der Waals surface area (Å²) in [6.07, 6.45) is -0.179. The lowest BCUT2D eigenvalue weighted by Crippen LogP contribution is -2.48. The minimum absolute atomic E-state index is 0.0172. The molecule has 3 aromatic rings. The zero-order valence-corrected chi connectivity index (χ0v) is 23.8. The quantitative estimate of drug-likeness (QED) is 0.290. The number of rotatable bonds is 12. The molecule has 216 valence electrons. The molecule has 2 aliphatic rings. The summed E-state index contributed by atoms with van der Waals surface area (Å²) in [5.74, 6) is 0. The predicted molar refractivity (Wildman–Crippen MR) is 153 cm³/mol. The highest BCUT2D eigenvalue weighted by atomic mass is 32.2. The maximum Gasteiger partial charge on any atom is 0.416 e. The minimum Gasteiger partial charge on any atom is -0.379 e. The monoisotopic (exact) mass is 594 g/mol. The van der Waals surface area contributed by atoms with E-state index in [0.717, 1.165) is 82.9 Å². The number of halogens is 3. The molecule has 0 bridgehead atoms. The van der Waals surface area contributed by atoms with Gasteiger partial charge in [-0.15, -0.1) is 11.3 Å². The molecule has 4 heterocycles. The van der Waals surface area contributed by atoms with Crippen molar-refractivity contribution in [3.05, 3.63) is 64.6 Å².